The molecule has 3 nitrogen and oxygen atoms in total. The number of Topliss-reactive ketones (excluding diaryl/α,β-unsaturated/α-hetero) is 1. The highest BCUT2D eigenvalue weighted by molar-refractivity contribution is 5.81. The average molecular weight is 441 g/mol. The van der Waals surface area contributed by atoms with E-state index < -0.39 is 0 Å². The van der Waals surface area contributed by atoms with Gasteiger partial charge in [-0.1, -0.05) is 57.9 Å². The number of carbonyl (C=O) groups is 1. The van der Waals surface area contributed by atoms with Crippen molar-refractivity contribution in [2.75, 3.05) is 19.6 Å². The van der Waals surface area contributed by atoms with Crippen LogP contribution in [0, 0.1) is 11.8 Å². The molecule has 0 unspecified atom stereocenters. The Hall–Kier alpha value is -1.22. The summed E-state index contributed by atoms with van der Waals surface area (Å²) in [7, 11) is 0. The van der Waals surface area contributed by atoms with Crippen molar-refractivity contribution < 1.29 is 4.79 Å². The van der Waals surface area contributed by atoms with E-state index >= 15 is 0 Å². The lowest BCUT2D eigenvalue weighted by Gasteiger charge is -2.31. The molecule has 3 heteroatoms. The topological polar surface area (TPSA) is 33.2 Å². The summed E-state index contributed by atoms with van der Waals surface area (Å²) in [6.07, 6.45) is 22.0. The number of rotatable bonds is 14. The number of carbonyl (C=O) groups excluding carboxylic acids is 1. The molecule has 1 aliphatic heterocycles. The maximum atomic E-state index is 12.4. The van der Waals surface area contributed by atoms with E-state index in [9.17, 15) is 4.79 Å². The van der Waals surface area contributed by atoms with E-state index in [0.29, 0.717) is 17.6 Å². The Morgan fingerprint density at radius 2 is 1.53 bits per heavy atom. The number of hydrogen-bond donors (Lipinski definition) is 0. The van der Waals surface area contributed by atoms with Gasteiger partial charge in [-0.3, -0.25) is 9.78 Å². The summed E-state index contributed by atoms with van der Waals surface area (Å²) in [5, 5.41) is 0. The van der Waals surface area contributed by atoms with E-state index in [1.165, 1.54) is 115 Å². The van der Waals surface area contributed by atoms with Gasteiger partial charge in [0.1, 0.15) is 5.78 Å². The van der Waals surface area contributed by atoms with Gasteiger partial charge in [-0.2, -0.15) is 0 Å². The lowest BCUT2D eigenvalue weighted by atomic mass is 9.78. The molecule has 1 aromatic heterocycles. The van der Waals surface area contributed by atoms with E-state index in [1.54, 1.807) is 0 Å². The fraction of sp³-hybridized carbons (Fsp3) is 0.793. The maximum absolute atomic E-state index is 12.4. The first-order chi connectivity index (χ1) is 15.8. The number of pyridine rings is 1. The number of unbranched alkanes of at least 4 members (excludes halogenated alkanes) is 7. The largest absolute Gasteiger partial charge is 0.303 e. The molecular weight excluding hydrogens is 392 g/mol. The van der Waals surface area contributed by atoms with Crippen molar-refractivity contribution in [1.82, 2.24) is 9.88 Å². The first-order valence-electron chi connectivity index (χ1n) is 13.9. The maximum Gasteiger partial charge on any atom is 0.135 e. The second-order valence-electron chi connectivity index (χ2n) is 10.5. The van der Waals surface area contributed by atoms with E-state index in [4.69, 9.17) is 0 Å². The zero-order valence-electron chi connectivity index (χ0n) is 20.8. The van der Waals surface area contributed by atoms with Crippen molar-refractivity contribution in [1.29, 1.82) is 0 Å². The molecule has 1 saturated carbocycles. The van der Waals surface area contributed by atoms with Gasteiger partial charge in [0, 0.05) is 30.1 Å². The lowest BCUT2D eigenvalue weighted by Crippen LogP contribution is -2.33. The Kier molecular flexibility index (Phi) is 11.8. The monoisotopic (exact) mass is 440 g/mol. The first kappa shape index (κ1) is 25.4. The van der Waals surface area contributed by atoms with Gasteiger partial charge < -0.3 is 4.90 Å². The predicted octanol–water partition coefficient (Wildman–Crippen LogP) is 7.56. The SMILES string of the molecule is CCC1CCC(C(=O)CCCCCCCCCCN2CCC(c3ccccn3)CC2)CC1. The summed E-state index contributed by atoms with van der Waals surface area (Å²) in [4.78, 5) is 19.6. The molecular formula is C29H48N2O. The molecule has 2 fully saturated rings. The standard InChI is InChI=1S/C29H48N2O/c1-2-25-15-17-27(18-16-25)29(32)14-9-7-5-3-4-6-8-12-22-31-23-19-26(20-24-31)28-13-10-11-21-30-28/h10-11,13,21,25-27H,2-9,12,14-20,22-24H2,1H3. The molecule has 32 heavy (non-hydrogen) atoms. The van der Waals surface area contributed by atoms with Crippen LogP contribution in [0.1, 0.15) is 121 Å². The Morgan fingerprint density at radius 1 is 0.875 bits per heavy atom. The zero-order valence-corrected chi connectivity index (χ0v) is 20.8. The number of ketones is 1. The Balaban J connectivity index is 1.10. The Bertz CT molecular complexity index is 615. The van der Waals surface area contributed by atoms with E-state index in [-0.39, 0.29) is 0 Å². The van der Waals surface area contributed by atoms with Gasteiger partial charge in [0.05, 0.1) is 0 Å². The van der Waals surface area contributed by atoms with Crippen LogP contribution >= 0.6 is 0 Å². The van der Waals surface area contributed by atoms with Gasteiger partial charge in [0.2, 0.25) is 0 Å². The van der Waals surface area contributed by atoms with Crippen LogP contribution in [0.3, 0.4) is 0 Å². The van der Waals surface area contributed by atoms with Crippen LogP contribution < -0.4 is 0 Å². The molecule has 2 heterocycles. The summed E-state index contributed by atoms with van der Waals surface area (Å²) in [5.74, 6) is 2.53. The molecule has 1 aromatic rings. The van der Waals surface area contributed by atoms with Gasteiger partial charge in [0.25, 0.3) is 0 Å². The second-order valence-corrected chi connectivity index (χ2v) is 10.5. The van der Waals surface area contributed by atoms with Gasteiger partial charge in [-0.15, -0.1) is 0 Å². The number of hydrogen-bond acceptors (Lipinski definition) is 3. The molecule has 0 amide bonds. The van der Waals surface area contributed by atoms with E-state index in [1.807, 2.05) is 12.3 Å². The molecule has 0 aromatic carbocycles. The number of aromatic nitrogens is 1. The smallest absolute Gasteiger partial charge is 0.135 e. The average Bonchev–Trinajstić information content (AvgIpc) is 2.86. The summed E-state index contributed by atoms with van der Waals surface area (Å²) < 4.78 is 0. The molecule has 1 saturated heterocycles. The van der Waals surface area contributed by atoms with E-state index in [0.717, 1.165) is 18.8 Å². The van der Waals surface area contributed by atoms with Gasteiger partial charge in [-0.25, -0.2) is 0 Å². The third-order valence-electron chi connectivity index (χ3n) is 8.22. The van der Waals surface area contributed by atoms with Crippen LogP contribution in [0.25, 0.3) is 0 Å². The number of nitrogens with zero attached hydrogens (tertiary/aromatic N) is 2. The summed E-state index contributed by atoms with van der Waals surface area (Å²) in [6.45, 7) is 6.04. The fourth-order valence-electron chi connectivity index (χ4n) is 5.86. The highest BCUT2D eigenvalue weighted by atomic mass is 16.1. The van der Waals surface area contributed by atoms with Crippen LogP contribution in [0.4, 0.5) is 0 Å². The fourth-order valence-corrected chi connectivity index (χ4v) is 5.86. The van der Waals surface area contributed by atoms with Crippen LogP contribution in [0.5, 0.6) is 0 Å². The van der Waals surface area contributed by atoms with Gasteiger partial charge in [0.15, 0.2) is 0 Å². The van der Waals surface area contributed by atoms with Gasteiger partial charge in [-0.05, 0) is 89.1 Å². The van der Waals surface area contributed by atoms with Crippen molar-refractivity contribution in [2.45, 2.75) is 116 Å². The van der Waals surface area contributed by atoms with Crippen molar-refractivity contribution in [3.05, 3.63) is 30.1 Å². The Labute approximate surface area is 197 Å². The molecule has 2 aliphatic rings. The van der Waals surface area contributed by atoms with Crippen molar-refractivity contribution in [2.24, 2.45) is 11.8 Å². The lowest BCUT2D eigenvalue weighted by molar-refractivity contribution is -0.124. The minimum Gasteiger partial charge on any atom is -0.303 e. The number of likely N-dealkylation sites (tertiary alicyclic amines) is 1. The third kappa shape index (κ3) is 8.96. The van der Waals surface area contributed by atoms with E-state index in [2.05, 4.69) is 28.9 Å². The minimum absolute atomic E-state index is 0.401. The first-order valence-corrected chi connectivity index (χ1v) is 13.9. The second kappa shape index (κ2) is 14.8. The normalized spacial score (nSPS) is 22.8. The van der Waals surface area contributed by atoms with Crippen molar-refractivity contribution in [3.63, 3.8) is 0 Å². The van der Waals surface area contributed by atoms with Gasteiger partial charge >= 0.3 is 0 Å². The molecule has 180 valence electrons. The van der Waals surface area contributed by atoms with Crippen molar-refractivity contribution in [3.8, 4) is 0 Å². The van der Waals surface area contributed by atoms with Crippen LogP contribution in [0.15, 0.2) is 24.4 Å². The van der Waals surface area contributed by atoms with Crippen LogP contribution in [-0.4, -0.2) is 35.3 Å². The molecule has 0 N–H and O–H groups in total. The highest BCUT2D eigenvalue weighted by Gasteiger charge is 2.24. The number of piperidine rings is 1. The molecule has 0 atom stereocenters. The molecule has 0 spiro atoms. The predicted molar refractivity (Wildman–Crippen MR) is 135 cm³/mol. The molecule has 3 rings (SSSR count). The van der Waals surface area contributed by atoms with Crippen LogP contribution in [0.2, 0.25) is 0 Å². The Morgan fingerprint density at radius 3 is 2.16 bits per heavy atom. The zero-order chi connectivity index (χ0) is 22.4. The quantitative estimate of drug-likeness (QED) is 0.280. The summed E-state index contributed by atoms with van der Waals surface area (Å²) >= 11 is 0. The highest BCUT2D eigenvalue weighted by Crippen LogP contribution is 2.32. The third-order valence-corrected chi connectivity index (χ3v) is 8.22. The van der Waals surface area contributed by atoms with Crippen LogP contribution in [-0.2, 0) is 4.79 Å². The minimum atomic E-state index is 0.401. The van der Waals surface area contributed by atoms with Crippen molar-refractivity contribution >= 4 is 5.78 Å². The molecule has 1 aliphatic carbocycles. The summed E-state index contributed by atoms with van der Waals surface area (Å²) in [5.41, 5.74) is 1.29. The summed E-state index contributed by atoms with van der Waals surface area (Å²) in [6, 6.07) is 6.32. The molecule has 0 radical (unpaired) electrons. The molecule has 0 bridgehead atoms.